The van der Waals surface area contributed by atoms with Gasteiger partial charge in [-0.1, -0.05) is 20.8 Å². The monoisotopic (exact) mass is 187 g/mol. The lowest BCUT2D eigenvalue weighted by Crippen LogP contribution is -2.36. The van der Waals surface area contributed by atoms with Crippen molar-refractivity contribution in [2.45, 2.75) is 39.7 Å². The van der Waals surface area contributed by atoms with Crippen molar-refractivity contribution in [2.75, 3.05) is 20.2 Å². The molecular formula is C10H21NO2. The van der Waals surface area contributed by atoms with E-state index in [1.54, 1.807) is 0 Å². The Balaban J connectivity index is 0.000000671. The third-order valence-corrected chi connectivity index (χ3v) is 2.24. The summed E-state index contributed by atoms with van der Waals surface area (Å²) in [4.78, 5) is 13.3. The number of methoxy groups -OCH3 is 1. The fourth-order valence-corrected chi connectivity index (χ4v) is 1.61. The Morgan fingerprint density at radius 3 is 2.62 bits per heavy atom. The number of ether oxygens (including phenoxy) is 1. The molecular weight excluding hydrogens is 166 g/mol. The Bertz CT molecular complexity index is 148. The number of esters is 1. The maximum absolute atomic E-state index is 11.1. The van der Waals surface area contributed by atoms with Crippen molar-refractivity contribution in [3.63, 3.8) is 0 Å². The third kappa shape index (κ3) is 3.35. The highest BCUT2D eigenvalue weighted by Crippen LogP contribution is 2.17. The first-order valence-corrected chi connectivity index (χ1v) is 5.11. The van der Waals surface area contributed by atoms with Crippen molar-refractivity contribution in [2.24, 2.45) is 0 Å². The topological polar surface area (TPSA) is 29.5 Å². The van der Waals surface area contributed by atoms with Crippen LogP contribution in [0.15, 0.2) is 0 Å². The second kappa shape index (κ2) is 6.89. The summed E-state index contributed by atoms with van der Waals surface area (Å²) in [7, 11) is 1.45. The number of rotatable bonds is 2. The molecule has 1 rings (SSSR count). The molecule has 0 aromatic heterocycles. The number of hydrogen-bond acceptors (Lipinski definition) is 3. The van der Waals surface area contributed by atoms with Gasteiger partial charge in [-0.25, -0.2) is 0 Å². The highest BCUT2D eigenvalue weighted by molar-refractivity contribution is 5.75. The predicted molar refractivity (Wildman–Crippen MR) is 53.6 cm³/mol. The Morgan fingerprint density at radius 2 is 2.15 bits per heavy atom. The van der Waals surface area contributed by atoms with Gasteiger partial charge in [0.25, 0.3) is 0 Å². The van der Waals surface area contributed by atoms with Gasteiger partial charge in [0.2, 0.25) is 0 Å². The molecule has 3 heteroatoms. The number of likely N-dealkylation sites (tertiary alicyclic amines) is 1. The van der Waals surface area contributed by atoms with E-state index in [1.165, 1.54) is 7.11 Å². The van der Waals surface area contributed by atoms with Gasteiger partial charge in [0.05, 0.1) is 7.11 Å². The molecule has 13 heavy (non-hydrogen) atoms. The zero-order valence-corrected chi connectivity index (χ0v) is 9.17. The molecule has 3 nitrogen and oxygen atoms in total. The van der Waals surface area contributed by atoms with Crippen molar-refractivity contribution in [3.8, 4) is 0 Å². The van der Waals surface area contributed by atoms with E-state index in [4.69, 9.17) is 0 Å². The molecule has 1 heterocycles. The quantitative estimate of drug-likeness (QED) is 0.616. The summed E-state index contributed by atoms with van der Waals surface area (Å²) in [5.41, 5.74) is 0. The SMILES string of the molecule is CC.CCN1CCCC1C(=O)OC. The maximum atomic E-state index is 11.1. The normalized spacial score (nSPS) is 22.0. The van der Waals surface area contributed by atoms with E-state index in [0.717, 1.165) is 25.9 Å². The highest BCUT2D eigenvalue weighted by Gasteiger charge is 2.29. The molecule has 0 saturated carbocycles. The standard InChI is InChI=1S/C8H15NO2.C2H6/c1-3-9-6-4-5-7(9)8(10)11-2;1-2/h7H,3-6H2,1-2H3;1-2H3. The predicted octanol–water partition coefficient (Wildman–Crippen LogP) is 1.67. The third-order valence-electron chi connectivity index (χ3n) is 2.24. The maximum Gasteiger partial charge on any atom is 0.323 e. The molecule has 1 fully saturated rings. The summed E-state index contributed by atoms with van der Waals surface area (Å²) in [5.74, 6) is -0.0793. The van der Waals surface area contributed by atoms with Gasteiger partial charge >= 0.3 is 5.97 Å². The van der Waals surface area contributed by atoms with Crippen LogP contribution in [0.1, 0.15) is 33.6 Å². The van der Waals surface area contributed by atoms with Crippen LogP contribution in [0.4, 0.5) is 0 Å². The van der Waals surface area contributed by atoms with Crippen LogP contribution in [-0.4, -0.2) is 37.1 Å². The van der Waals surface area contributed by atoms with Crippen LogP contribution in [0.2, 0.25) is 0 Å². The van der Waals surface area contributed by atoms with Crippen LogP contribution in [-0.2, 0) is 9.53 Å². The molecule has 0 N–H and O–H groups in total. The van der Waals surface area contributed by atoms with Crippen molar-refractivity contribution in [3.05, 3.63) is 0 Å². The van der Waals surface area contributed by atoms with Gasteiger partial charge in [0, 0.05) is 0 Å². The largest absolute Gasteiger partial charge is 0.468 e. The van der Waals surface area contributed by atoms with Crippen LogP contribution in [0.3, 0.4) is 0 Å². The van der Waals surface area contributed by atoms with Gasteiger partial charge in [0.15, 0.2) is 0 Å². The molecule has 0 aromatic carbocycles. The summed E-state index contributed by atoms with van der Waals surface area (Å²) in [6.07, 6.45) is 2.08. The van der Waals surface area contributed by atoms with E-state index in [1.807, 2.05) is 13.8 Å². The van der Waals surface area contributed by atoms with E-state index in [9.17, 15) is 4.79 Å². The van der Waals surface area contributed by atoms with Crippen molar-refractivity contribution < 1.29 is 9.53 Å². The molecule has 1 saturated heterocycles. The summed E-state index contributed by atoms with van der Waals surface area (Å²) in [6.45, 7) is 8.05. The van der Waals surface area contributed by atoms with Gasteiger partial charge in [0.1, 0.15) is 6.04 Å². The van der Waals surface area contributed by atoms with E-state index in [2.05, 4.69) is 16.6 Å². The Kier molecular flexibility index (Phi) is 6.59. The lowest BCUT2D eigenvalue weighted by molar-refractivity contribution is -0.145. The average molecular weight is 187 g/mol. The molecule has 0 bridgehead atoms. The van der Waals surface area contributed by atoms with E-state index in [0.29, 0.717) is 0 Å². The molecule has 0 amide bonds. The first-order chi connectivity index (χ1) is 6.29. The zero-order chi connectivity index (χ0) is 10.3. The van der Waals surface area contributed by atoms with Crippen LogP contribution in [0, 0.1) is 0 Å². The van der Waals surface area contributed by atoms with Crippen LogP contribution in [0.25, 0.3) is 0 Å². The molecule has 0 aliphatic carbocycles. The van der Waals surface area contributed by atoms with Gasteiger partial charge in [-0.3, -0.25) is 9.69 Å². The smallest absolute Gasteiger partial charge is 0.323 e. The van der Waals surface area contributed by atoms with Crippen molar-refractivity contribution in [1.82, 2.24) is 4.90 Å². The molecule has 1 aliphatic heterocycles. The number of carbonyl (C=O) groups excluding carboxylic acids is 1. The molecule has 1 atom stereocenters. The van der Waals surface area contributed by atoms with Crippen LogP contribution >= 0.6 is 0 Å². The first kappa shape index (κ1) is 12.4. The molecule has 1 unspecified atom stereocenters. The fraction of sp³-hybridized carbons (Fsp3) is 0.900. The van der Waals surface area contributed by atoms with E-state index in [-0.39, 0.29) is 12.0 Å². The van der Waals surface area contributed by atoms with E-state index < -0.39 is 0 Å². The highest BCUT2D eigenvalue weighted by atomic mass is 16.5. The van der Waals surface area contributed by atoms with Gasteiger partial charge in [-0.05, 0) is 25.9 Å². The van der Waals surface area contributed by atoms with Gasteiger partial charge in [-0.15, -0.1) is 0 Å². The molecule has 0 spiro atoms. The zero-order valence-electron chi connectivity index (χ0n) is 9.17. The van der Waals surface area contributed by atoms with Crippen molar-refractivity contribution >= 4 is 5.97 Å². The Morgan fingerprint density at radius 1 is 1.54 bits per heavy atom. The van der Waals surface area contributed by atoms with E-state index >= 15 is 0 Å². The van der Waals surface area contributed by atoms with Gasteiger partial charge in [-0.2, -0.15) is 0 Å². The first-order valence-electron chi connectivity index (χ1n) is 5.11. The molecule has 0 aromatic rings. The van der Waals surface area contributed by atoms with Crippen molar-refractivity contribution in [1.29, 1.82) is 0 Å². The lowest BCUT2D eigenvalue weighted by atomic mass is 10.2. The average Bonchev–Trinajstić information content (AvgIpc) is 2.67. The Hall–Kier alpha value is -0.570. The summed E-state index contributed by atoms with van der Waals surface area (Å²) >= 11 is 0. The summed E-state index contributed by atoms with van der Waals surface area (Å²) < 4.78 is 4.69. The minimum Gasteiger partial charge on any atom is -0.468 e. The summed E-state index contributed by atoms with van der Waals surface area (Å²) in [5, 5.41) is 0. The van der Waals surface area contributed by atoms with Gasteiger partial charge < -0.3 is 4.74 Å². The van der Waals surface area contributed by atoms with Crippen LogP contribution in [0.5, 0.6) is 0 Å². The minimum absolute atomic E-state index is 0.0324. The minimum atomic E-state index is -0.0793. The summed E-state index contributed by atoms with van der Waals surface area (Å²) in [6, 6.07) is 0.0324. The lowest BCUT2D eigenvalue weighted by Gasteiger charge is -2.19. The Labute approximate surface area is 81.1 Å². The second-order valence-electron chi connectivity index (χ2n) is 2.81. The molecule has 0 radical (unpaired) electrons. The van der Waals surface area contributed by atoms with Crippen LogP contribution < -0.4 is 0 Å². The molecule has 78 valence electrons. The fourth-order valence-electron chi connectivity index (χ4n) is 1.61. The number of carbonyl (C=O) groups is 1. The number of hydrogen-bond donors (Lipinski definition) is 0. The second-order valence-corrected chi connectivity index (χ2v) is 2.81. The number of likely N-dealkylation sites (N-methyl/N-ethyl adjacent to an activating group) is 1. The molecule has 1 aliphatic rings. The number of nitrogens with zero attached hydrogens (tertiary/aromatic N) is 1.